The molecule has 1 aliphatic rings. The Bertz CT molecular complexity index is 379. The van der Waals surface area contributed by atoms with E-state index in [1.165, 1.54) is 6.20 Å². The molecule has 1 saturated heterocycles. The highest BCUT2D eigenvalue weighted by molar-refractivity contribution is 6.30. The summed E-state index contributed by atoms with van der Waals surface area (Å²) in [6.45, 7) is 2.43. The van der Waals surface area contributed by atoms with Crippen LogP contribution < -0.4 is 15.4 Å². The molecular weight excluding hydrogens is 242 g/mol. The molecule has 1 amide bonds. The SMILES string of the molecule is O=C(NCCOc1ccc(Cl)cn1)C1CNC1. The van der Waals surface area contributed by atoms with Gasteiger partial charge in [-0.1, -0.05) is 11.6 Å². The summed E-state index contributed by atoms with van der Waals surface area (Å²) in [6.07, 6.45) is 1.52. The number of pyridine rings is 1. The highest BCUT2D eigenvalue weighted by atomic mass is 35.5. The highest BCUT2D eigenvalue weighted by Gasteiger charge is 2.24. The lowest BCUT2D eigenvalue weighted by Crippen LogP contribution is -2.51. The number of rotatable bonds is 5. The first-order chi connectivity index (χ1) is 8.25. The van der Waals surface area contributed by atoms with Gasteiger partial charge in [-0.15, -0.1) is 0 Å². The Kier molecular flexibility index (Phi) is 4.17. The number of hydrogen-bond donors (Lipinski definition) is 2. The average Bonchev–Trinajstić information content (AvgIpc) is 2.24. The number of carbonyl (C=O) groups is 1. The van der Waals surface area contributed by atoms with Gasteiger partial charge in [0, 0.05) is 25.4 Å². The first-order valence-electron chi connectivity index (χ1n) is 5.48. The molecule has 0 radical (unpaired) electrons. The molecule has 0 bridgehead atoms. The molecule has 1 aromatic heterocycles. The van der Waals surface area contributed by atoms with Gasteiger partial charge in [0.25, 0.3) is 0 Å². The molecule has 0 atom stereocenters. The summed E-state index contributed by atoms with van der Waals surface area (Å²) in [5.41, 5.74) is 0. The van der Waals surface area contributed by atoms with Gasteiger partial charge in [-0.25, -0.2) is 4.98 Å². The Morgan fingerprint density at radius 1 is 1.59 bits per heavy atom. The first-order valence-corrected chi connectivity index (χ1v) is 5.86. The minimum Gasteiger partial charge on any atom is -0.476 e. The standard InChI is InChI=1S/C11H14ClN3O2/c12-9-1-2-10(15-7-9)17-4-3-14-11(16)8-5-13-6-8/h1-2,7-8,13H,3-6H2,(H,14,16). The molecule has 2 N–H and O–H groups in total. The Hall–Kier alpha value is -1.33. The lowest BCUT2D eigenvalue weighted by atomic mass is 10.0. The molecule has 92 valence electrons. The second kappa shape index (κ2) is 5.84. The maximum Gasteiger partial charge on any atom is 0.225 e. The molecule has 1 aliphatic heterocycles. The van der Waals surface area contributed by atoms with E-state index in [1.54, 1.807) is 12.1 Å². The lowest BCUT2D eigenvalue weighted by molar-refractivity contribution is -0.126. The number of amides is 1. The minimum absolute atomic E-state index is 0.0800. The summed E-state index contributed by atoms with van der Waals surface area (Å²) in [4.78, 5) is 15.4. The predicted octanol–water partition coefficient (Wildman–Crippen LogP) is 0.449. The van der Waals surface area contributed by atoms with Gasteiger partial charge in [-0.3, -0.25) is 4.79 Å². The van der Waals surface area contributed by atoms with E-state index in [1.807, 2.05) is 0 Å². The molecule has 1 aromatic rings. The van der Waals surface area contributed by atoms with E-state index >= 15 is 0 Å². The Morgan fingerprint density at radius 2 is 2.41 bits per heavy atom. The zero-order chi connectivity index (χ0) is 12.1. The number of nitrogens with zero attached hydrogens (tertiary/aromatic N) is 1. The predicted molar refractivity (Wildman–Crippen MR) is 64.1 cm³/mol. The van der Waals surface area contributed by atoms with E-state index in [0.717, 1.165) is 13.1 Å². The maximum atomic E-state index is 11.4. The van der Waals surface area contributed by atoms with Gasteiger partial charge in [0.05, 0.1) is 17.5 Å². The molecule has 2 heterocycles. The van der Waals surface area contributed by atoms with Crippen LogP contribution in [0.3, 0.4) is 0 Å². The molecule has 5 nitrogen and oxygen atoms in total. The Labute approximate surface area is 105 Å². The quantitative estimate of drug-likeness (QED) is 0.750. The fourth-order valence-corrected chi connectivity index (χ4v) is 1.51. The molecule has 0 unspecified atom stereocenters. The summed E-state index contributed by atoms with van der Waals surface area (Å²) in [5.74, 6) is 0.703. The van der Waals surface area contributed by atoms with Gasteiger partial charge in [0.15, 0.2) is 0 Å². The van der Waals surface area contributed by atoms with E-state index in [0.29, 0.717) is 24.1 Å². The smallest absolute Gasteiger partial charge is 0.225 e. The lowest BCUT2D eigenvalue weighted by Gasteiger charge is -2.25. The zero-order valence-corrected chi connectivity index (χ0v) is 10.0. The summed E-state index contributed by atoms with van der Waals surface area (Å²) in [5, 5.41) is 6.43. The van der Waals surface area contributed by atoms with Gasteiger partial charge < -0.3 is 15.4 Å². The Morgan fingerprint density at radius 3 is 3.00 bits per heavy atom. The molecule has 0 saturated carbocycles. The van der Waals surface area contributed by atoms with Crippen molar-refractivity contribution in [1.82, 2.24) is 15.6 Å². The maximum absolute atomic E-state index is 11.4. The number of aromatic nitrogens is 1. The molecule has 1 fully saturated rings. The third-order valence-corrected chi connectivity index (χ3v) is 2.73. The van der Waals surface area contributed by atoms with Crippen LogP contribution in [0.5, 0.6) is 5.88 Å². The van der Waals surface area contributed by atoms with Crippen molar-refractivity contribution in [1.29, 1.82) is 0 Å². The van der Waals surface area contributed by atoms with Crippen molar-refractivity contribution in [2.24, 2.45) is 5.92 Å². The number of halogens is 1. The van der Waals surface area contributed by atoms with Crippen molar-refractivity contribution in [2.75, 3.05) is 26.2 Å². The summed E-state index contributed by atoms with van der Waals surface area (Å²) in [7, 11) is 0. The largest absolute Gasteiger partial charge is 0.476 e. The van der Waals surface area contributed by atoms with Crippen molar-refractivity contribution in [3.05, 3.63) is 23.4 Å². The van der Waals surface area contributed by atoms with Crippen LogP contribution >= 0.6 is 11.6 Å². The number of nitrogens with one attached hydrogen (secondary N) is 2. The summed E-state index contributed by atoms with van der Waals surface area (Å²) < 4.78 is 5.34. The molecular formula is C11H14ClN3O2. The summed E-state index contributed by atoms with van der Waals surface area (Å²) in [6, 6.07) is 3.41. The van der Waals surface area contributed by atoms with E-state index in [9.17, 15) is 4.79 Å². The van der Waals surface area contributed by atoms with Crippen molar-refractivity contribution >= 4 is 17.5 Å². The van der Waals surface area contributed by atoms with Crippen molar-refractivity contribution in [2.45, 2.75) is 0 Å². The fourth-order valence-electron chi connectivity index (χ4n) is 1.40. The molecule has 6 heteroatoms. The number of carbonyl (C=O) groups excluding carboxylic acids is 1. The van der Waals surface area contributed by atoms with Crippen LogP contribution in [0.15, 0.2) is 18.3 Å². The van der Waals surface area contributed by atoms with Gasteiger partial charge in [0.1, 0.15) is 6.61 Å². The Balaban J connectivity index is 1.62. The number of ether oxygens (including phenoxy) is 1. The number of hydrogen-bond acceptors (Lipinski definition) is 4. The van der Waals surface area contributed by atoms with Crippen LogP contribution in [0.1, 0.15) is 0 Å². The van der Waals surface area contributed by atoms with Gasteiger partial charge >= 0.3 is 0 Å². The molecule has 17 heavy (non-hydrogen) atoms. The fraction of sp³-hybridized carbons (Fsp3) is 0.455. The van der Waals surface area contributed by atoms with Gasteiger partial charge in [-0.05, 0) is 6.07 Å². The van der Waals surface area contributed by atoms with E-state index in [4.69, 9.17) is 16.3 Å². The third kappa shape index (κ3) is 3.57. The monoisotopic (exact) mass is 255 g/mol. The van der Waals surface area contributed by atoms with Crippen molar-refractivity contribution in [3.63, 3.8) is 0 Å². The van der Waals surface area contributed by atoms with Crippen molar-refractivity contribution < 1.29 is 9.53 Å². The van der Waals surface area contributed by atoms with Gasteiger partial charge in [0.2, 0.25) is 11.8 Å². The van der Waals surface area contributed by atoms with E-state index in [-0.39, 0.29) is 11.8 Å². The third-order valence-electron chi connectivity index (χ3n) is 2.50. The molecule has 0 aliphatic carbocycles. The van der Waals surface area contributed by atoms with E-state index < -0.39 is 0 Å². The molecule has 2 rings (SSSR count). The first kappa shape index (κ1) is 12.1. The normalized spacial score (nSPS) is 15.1. The van der Waals surface area contributed by atoms with Crippen LogP contribution in [-0.4, -0.2) is 37.1 Å². The summed E-state index contributed by atoms with van der Waals surface area (Å²) >= 11 is 5.69. The molecule has 0 spiro atoms. The van der Waals surface area contributed by atoms with Crippen LogP contribution in [0.25, 0.3) is 0 Å². The topological polar surface area (TPSA) is 63.2 Å². The highest BCUT2D eigenvalue weighted by Crippen LogP contribution is 2.10. The van der Waals surface area contributed by atoms with Gasteiger partial charge in [-0.2, -0.15) is 0 Å². The second-order valence-corrected chi connectivity index (χ2v) is 4.25. The van der Waals surface area contributed by atoms with E-state index in [2.05, 4.69) is 15.6 Å². The van der Waals surface area contributed by atoms with Crippen LogP contribution in [0, 0.1) is 5.92 Å². The second-order valence-electron chi connectivity index (χ2n) is 3.81. The molecule has 0 aromatic carbocycles. The van der Waals surface area contributed by atoms with Crippen LogP contribution in [0.4, 0.5) is 0 Å². The minimum atomic E-state index is 0.0800. The van der Waals surface area contributed by atoms with Crippen LogP contribution in [-0.2, 0) is 4.79 Å². The van der Waals surface area contributed by atoms with Crippen LogP contribution in [0.2, 0.25) is 5.02 Å². The van der Waals surface area contributed by atoms with Crippen molar-refractivity contribution in [3.8, 4) is 5.88 Å². The average molecular weight is 256 g/mol. The zero-order valence-electron chi connectivity index (χ0n) is 9.28.